The number of hydrogen-bond donors (Lipinski definition) is 1. The van der Waals surface area contributed by atoms with E-state index in [-0.39, 0.29) is 12.0 Å². The molecule has 1 N–H and O–H groups in total. The first kappa shape index (κ1) is 17.1. The smallest absolute Gasteiger partial charge is 0.239 e. The van der Waals surface area contributed by atoms with Crippen molar-refractivity contribution < 1.29 is 9.53 Å². The summed E-state index contributed by atoms with van der Waals surface area (Å²) in [4.78, 5) is 15.9. The number of nitrogens with one attached hydrogen (secondary N) is 1. The Morgan fingerprint density at radius 2 is 2.46 bits per heavy atom. The Bertz CT molecular complexity index is 662. The first-order valence-electron chi connectivity index (χ1n) is 8.27. The molecule has 6 nitrogen and oxygen atoms in total. The highest BCUT2D eigenvalue weighted by Gasteiger charge is 2.21. The van der Waals surface area contributed by atoms with E-state index in [1.54, 1.807) is 16.0 Å². The molecule has 0 bridgehead atoms. The van der Waals surface area contributed by atoms with Crippen LogP contribution in [0.25, 0.3) is 0 Å². The molecular formula is C17H24N4O2S. The second-order valence-electron chi connectivity index (χ2n) is 6.23. The van der Waals surface area contributed by atoms with Crippen LogP contribution in [0, 0.1) is 6.92 Å². The second-order valence-corrected chi connectivity index (χ2v) is 7.26. The molecule has 0 saturated carbocycles. The van der Waals surface area contributed by atoms with Crippen molar-refractivity contribution in [2.24, 2.45) is 7.05 Å². The molecule has 0 aliphatic carbocycles. The monoisotopic (exact) mass is 348 g/mol. The Hall–Kier alpha value is -1.70. The van der Waals surface area contributed by atoms with Gasteiger partial charge in [0.2, 0.25) is 5.91 Å². The standard InChI is InChI=1S/C17H24N4O2S/c1-13-9-16(20(2)19-13)18-17(22)12-21(10-14-5-3-7-23-14)11-15-6-4-8-24-15/h4,6,8-9,14H,3,5,7,10-12H2,1-2H3,(H,18,22)/t14-/m1/s1. The van der Waals surface area contributed by atoms with Gasteiger partial charge in [-0.25, -0.2) is 0 Å². The molecule has 1 amide bonds. The molecule has 0 radical (unpaired) electrons. The lowest BCUT2D eigenvalue weighted by molar-refractivity contribution is -0.117. The highest BCUT2D eigenvalue weighted by molar-refractivity contribution is 7.09. The summed E-state index contributed by atoms with van der Waals surface area (Å²) in [6.07, 6.45) is 2.42. The van der Waals surface area contributed by atoms with Crippen molar-refractivity contribution in [1.82, 2.24) is 14.7 Å². The van der Waals surface area contributed by atoms with E-state index < -0.39 is 0 Å². The van der Waals surface area contributed by atoms with Crippen LogP contribution in [-0.2, 0) is 23.1 Å². The molecule has 1 fully saturated rings. The molecule has 1 aliphatic heterocycles. The van der Waals surface area contributed by atoms with Crippen LogP contribution in [-0.4, -0.2) is 46.4 Å². The van der Waals surface area contributed by atoms with Crippen molar-refractivity contribution in [3.05, 3.63) is 34.2 Å². The SMILES string of the molecule is Cc1cc(NC(=O)CN(Cc2cccs2)C[C@H]2CCCO2)n(C)n1. The third-order valence-electron chi connectivity index (χ3n) is 4.08. The number of amides is 1. The van der Waals surface area contributed by atoms with E-state index in [0.717, 1.165) is 44.0 Å². The first-order valence-corrected chi connectivity index (χ1v) is 9.15. The maximum absolute atomic E-state index is 12.5. The first-order chi connectivity index (χ1) is 11.6. The summed E-state index contributed by atoms with van der Waals surface area (Å²) in [6, 6.07) is 6.03. The summed E-state index contributed by atoms with van der Waals surface area (Å²) in [7, 11) is 1.83. The van der Waals surface area contributed by atoms with Crippen LogP contribution in [0.1, 0.15) is 23.4 Å². The van der Waals surface area contributed by atoms with Crippen molar-refractivity contribution in [3.8, 4) is 0 Å². The molecule has 0 spiro atoms. The molecule has 3 heterocycles. The Morgan fingerprint density at radius 3 is 3.08 bits per heavy atom. The number of ether oxygens (including phenoxy) is 1. The van der Waals surface area contributed by atoms with E-state index >= 15 is 0 Å². The third kappa shape index (κ3) is 4.66. The third-order valence-corrected chi connectivity index (χ3v) is 4.94. The van der Waals surface area contributed by atoms with Crippen molar-refractivity contribution in [3.63, 3.8) is 0 Å². The van der Waals surface area contributed by atoms with Crippen LogP contribution in [0.2, 0.25) is 0 Å². The largest absolute Gasteiger partial charge is 0.377 e. The topological polar surface area (TPSA) is 59.4 Å². The molecule has 1 saturated heterocycles. The van der Waals surface area contributed by atoms with Crippen molar-refractivity contribution in [2.45, 2.75) is 32.4 Å². The van der Waals surface area contributed by atoms with E-state index in [2.05, 4.69) is 26.8 Å². The van der Waals surface area contributed by atoms with Crippen LogP contribution < -0.4 is 5.32 Å². The maximum Gasteiger partial charge on any atom is 0.239 e. The number of hydrogen-bond acceptors (Lipinski definition) is 5. The fourth-order valence-electron chi connectivity index (χ4n) is 3.00. The fourth-order valence-corrected chi connectivity index (χ4v) is 3.74. The van der Waals surface area contributed by atoms with Crippen molar-refractivity contribution in [2.75, 3.05) is 25.0 Å². The quantitative estimate of drug-likeness (QED) is 0.835. The van der Waals surface area contributed by atoms with Gasteiger partial charge in [-0.05, 0) is 31.2 Å². The molecule has 7 heteroatoms. The molecular weight excluding hydrogens is 324 g/mol. The van der Waals surface area contributed by atoms with Gasteiger partial charge in [-0.1, -0.05) is 6.07 Å². The Labute approximate surface area is 146 Å². The Balaban J connectivity index is 1.61. The van der Waals surface area contributed by atoms with Gasteiger partial charge in [-0.15, -0.1) is 11.3 Å². The van der Waals surface area contributed by atoms with Crippen LogP contribution in [0.5, 0.6) is 0 Å². The maximum atomic E-state index is 12.5. The molecule has 130 valence electrons. The van der Waals surface area contributed by atoms with E-state index in [4.69, 9.17) is 4.74 Å². The van der Waals surface area contributed by atoms with E-state index in [9.17, 15) is 4.79 Å². The summed E-state index contributed by atoms with van der Waals surface area (Å²) < 4.78 is 7.43. The zero-order chi connectivity index (χ0) is 16.9. The van der Waals surface area contributed by atoms with Crippen LogP contribution in [0.3, 0.4) is 0 Å². The number of thiophene rings is 1. The Kier molecular flexibility index (Phi) is 5.65. The number of nitrogens with zero attached hydrogens (tertiary/aromatic N) is 3. The summed E-state index contributed by atoms with van der Waals surface area (Å²) in [6.45, 7) is 4.65. The Morgan fingerprint density at radius 1 is 1.58 bits per heavy atom. The minimum Gasteiger partial charge on any atom is -0.377 e. The van der Waals surface area contributed by atoms with Gasteiger partial charge in [0.1, 0.15) is 5.82 Å². The number of carbonyl (C=O) groups is 1. The normalized spacial score (nSPS) is 17.5. The molecule has 2 aromatic heterocycles. The predicted octanol–water partition coefficient (Wildman–Crippen LogP) is 2.41. The van der Waals surface area contributed by atoms with Gasteiger partial charge in [0.05, 0.1) is 18.3 Å². The molecule has 1 aliphatic rings. The number of aryl methyl sites for hydroxylation is 2. The van der Waals surface area contributed by atoms with E-state index in [1.807, 2.05) is 26.1 Å². The zero-order valence-corrected chi connectivity index (χ0v) is 15.0. The van der Waals surface area contributed by atoms with E-state index in [1.165, 1.54) is 4.88 Å². The van der Waals surface area contributed by atoms with Crippen molar-refractivity contribution >= 4 is 23.1 Å². The minimum atomic E-state index is -0.0208. The summed E-state index contributed by atoms with van der Waals surface area (Å²) in [5.41, 5.74) is 0.891. The highest BCUT2D eigenvalue weighted by Crippen LogP contribution is 2.17. The second kappa shape index (κ2) is 7.92. The molecule has 0 unspecified atom stereocenters. The average molecular weight is 348 g/mol. The lowest BCUT2D eigenvalue weighted by Crippen LogP contribution is -2.38. The summed E-state index contributed by atoms with van der Waals surface area (Å²) in [5.74, 6) is 0.707. The predicted molar refractivity (Wildman–Crippen MR) is 95.1 cm³/mol. The van der Waals surface area contributed by atoms with Gasteiger partial charge in [0.25, 0.3) is 0 Å². The van der Waals surface area contributed by atoms with Gasteiger partial charge >= 0.3 is 0 Å². The van der Waals surface area contributed by atoms with Crippen LogP contribution in [0.15, 0.2) is 23.6 Å². The molecule has 1 atom stereocenters. The van der Waals surface area contributed by atoms with Crippen molar-refractivity contribution in [1.29, 1.82) is 0 Å². The summed E-state index contributed by atoms with van der Waals surface area (Å²) in [5, 5.41) is 9.27. The van der Waals surface area contributed by atoms with E-state index in [0.29, 0.717) is 6.54 Å². The van der Waals surface area contributed by atoms with Crippen LogP contribution in [0.4, 0.5) is 5.82 Å². The van der Waals surface area contributed by atoms with Gasteiger partial charge in [-0.3, -0.25) is 14.4 Å². The van der Waals surface area contributed by atoms with Crippen LogP contribution >= 0.6 is 11.3 Å². The highest BCUT2D eigenvalue weighted by atomic mass is 32.1. The zero-order valence-electron chi connectivity index (χ0n) is 14.2. The minimum absolute atomic E-state index is 0.0208. The number of anilines is 1. The lowest BCUT2D eigenvalue weighted by atomic mass is 10.2. The number of aromatic nitrogens is 2. The summed E-state index contributed by atoms with van der Waals surface area (Å²) >= 11 is 1.72. The lowest BCUT2D eigenvalue weighted by Gasteiger charge is -2.24. The average Bonchev–Trinajstić information content (AvgIpc) is 3.24. The van der Waals surface area contributed by atoms with Gasteiger partial charge in [0, 0.05) is 37.7 Å². The molecule has 2 aromatic rings. The van der Waals surface area contributed by atoms with Gasteiger partial charge in [-0.2, -0.15) is 5.10 Å². The number of carbonyl (C=O) groups excluding carboxylic acids is 1. The molecule has 24 heavy (non-hydrogen) atoms. The molecule has 3 rings (SSSR count). The van der Waals surface area contributed by atoms with Gasteiger partial charge in [0.15, 0.2) is 0 Å². The fraction of sp³-hybridized carbons (Fsp3) is 0.529. The number of rotatable bonds is 7. The molecule has 0 aromatic carbocycles. The van der Waals surface area contributed by atoms with Gasteiger partial charge < -0.3 is 10.1 Å².